The van der Waals surface area contributed by atoms with Crippen LogP contribution in [0.3, 0.4) is 0 Å². The maximum absolute atomic E-state index is 12.2. The molecule has 2 N–H and O–H groups in total. The van der Waals surface area contributed by atoms with Crippen LogP contribution in [-0.4, -0.2) is 50.4 Å². The summed E-state index contributed by atoms with van der Waals surface area (Å²) in [5.41, 5.74) is 0.817. The van der Waals surface area contributed by atoms with Crippen molar-refractivity contribution in [2.75, 3.05) is 31.2 Å². The Morgan fingerprint density at radius 1 is 1.36 bits per heavy atom. The van der Waals surface area contributed by atoms with E-state index in [0.717, 1.165) is 30.9 Å². The van der Waals surface area contributed by atoms with Gasteiger partial charge in [-0.25, -0.2) is 4.79 Å². The van der Waals surface area contributed by atoms with Crippen molar-refractivity contribution >= 4 is 17.6 Å². The maximum Gasteiger partial charge on any atom is 0.315 e. The first kappa shape index (κ1) is 17.5. The predicted molar refractivity (Wildman–Crippen MR) is 93.9 cm³/mol. The number of carbonyl (C=O) groups is 2. The van der Waals surface area contributed by atoms with Gasteiger partial charge in [-0.05, 0) is 44.0 Å². The van der Waals surface area contributed by atoms with E-state index in [1.807, 2.05) is 31.2 Å². The smallest absolute Gasteiger partial charge is 0.315 e. The molecule has 0 spiro atoms. The lowest BCUT2D eigenvalue weighted by Crippen LogP contribution is -2.45. The van der Waals surface area contributed by atoms with Crippen molar-refractivity contribution in [1.29, 1.82) is 0 Å². The van der Waals surface area contributed by atoms with Crippen LogP contribution >= 0.6 is 0 Å². The molecule has 0 bridgehead atoms. The zero-order chi connectivity index (χ0) is 17.6. The molecule has 3 rings (SSSR count). The fourth-order valence-corrected chi connectivity index (χ4v) is 3.19. The molecule has 0 unspecified atom stereocenters. The molecular formula is C18H25N3O4. The van der Waals surface area contributed by atoms with Gasteiger partial charge in [0.1, 0.15) is 5.75 Å². The van der Waals surface area contributed by atoms with Gasteiger partial charge in [-0.1, -0.05) is 0 Å². The van der Waals surface area contributed by atoms with Gasteiger partial charge in [0, 0.05) is 31.8 Å². The third-order valence-electron chi connectivity index (χ3n) is 4.43. The number of ether oxygens (including phenoxy) is 2. The minimum absolute atomic E-state index is 0.00795. The van der Waals surface area contributed by atoms with Crippen LogP contribution in [0.5, 0.6) is 5.75 Å². The van der Waals surface area contributed by atoms with Crippen LogP contribution in [-0.2, 0) is 9.53 Å². The van der Waals surface area contributed by atoms with E-state index in [1.54, 1.807) is 4.90 Å². The quantitative estimate of drug-likeness (QED) is 0.820. The fourth-order valence-electron chi connectivity index (χ4n) is 3.19. The standard InChI is InChI=1S/C18H25N3O4/c1-2-24-15-7-5-14(6-8-15)21-12-13(10-17(21)22)20-18(23)19-11-16-4-3-9-25-16/h5-8,13,16H,2-4,9-12H2,1H3,(H2,19,20,23)/t13-,16-/m0/s1. The Bertz CT molecular complexity index is 599. The fraction of sp³-hybridized carbons (Fsp3) is 0.556. The molecule has 7 heteroatoms. The van der Waals surface area contributed by atoms with Gasteiger partial charge in [0.15, 0.2) is 0 Å². The first-order chi connectivity index (χ1) is 12.2. The van der Waals surface area contributed by atoms with Gasteiger partial charge in [-0.2, -0.15) is 0 Å². The first-order valence-electron chi connectivity index (χ1n) is 8.85. The molecule has 0 aromatic heterocycles. The van der Waals surface area contributed by atoms with E-state index in [1.165, 1.54) is 0 Å². The number of rotatable bonds is 6. The summed E-state index contributed by atoms with van der Waals surface area (Å²) in [6.45, 7) is 4.28. The third-order valence-corrected chi connectivity index (χ3v) is 4.43. The molecule has 1 aromatic rings. The number of hydrogen-bond donors (Lipinski definition) is 2. The van der Waals surface area contributed by atoms with Gasteiger partial charge < -0.3 is 25.0 Å². The molecule has 25 heavy (non-hydrogen) atoms. The Labute approximate surface area is 147 Å². The zero-order valence-electron chi connectivity index (χ0n) is 14.5. The van der Waals surface area contributed by atoms with Crippen LogP contribution in [0.1, 0.15) is 26.2 Å². The third kappa shape index (κ3) is 4.63. The molecule has 2 saturated heterocycles. The van der Waals surface area contributed by atoms with E-state index in [-0.39, 0.29) is 24.1 Å². The van der Waals surface area contributed by atoms with E-state index < -0.39 is 0 Å². The Morgan fingerprint density at radius 2 is 2.16 bits per heavy atom. The lowest BCUT2D eigenvalue weighted by atomic mass is 10.2. The number of nitrogens with zero attached hydrogens (tertiary/aromatic N) is 1. The molecule has 0 radical (unpaired) electrons. The number of anilines is 1. The normalized spacial score (nSPS) is 22.9. The lowest BCUT2D eigenvalue weighted by Gasteiger charge is -2.18. The number of carbonyl (C=O) groups excluding carboxylic acids is 2. The summed E-state index contributed by atoms with van der Waals surface area (Å²) in [5.74, 6) is 0.787. The highest BCUT2D eigenvalue weighted by atomic mass is 16.5. The first-order valence-corrected chi connectivity index (χ1v) is 8.85. The molecule has 2 atom stereocenters. The molecule has 0 aliphatic carbocycles. The summed E-state index contributed by atoms with van der Waals surface area (Å²) in [6.07, 6.45) is 2.44. The Kier molecular flexibility index (Phi) is 5.75. The van der Waals surface area contributed by atoms with Crippen molar-refractivity contribution in [3.05, 3.63) is 24.3 Å². The number of benzene rings is 1. The monoisotopic (exact) mass is 347 g/mol. The van der Waals surface area contributed by atoms with Gasteiger partial charge in [0.05, 0.1) is 18.8 Å². The van der Waals surface area contributed by atoms with Crippen molar-refractivity contribution in [2.24, 2.45) is 0 Å². The minimum atomic E-state index is -0.248. The molecule has 2 aliphatic heterocycles. The lowest BCUT2D eigenvalue weighted by molar-refractivity contribution is -0.117. The minimum Gasteiger partial charge on any atom is -0.494 e. The maximum atomic E-state index is 12.2. The van der Waals surface area contributed by atoms with E-state index in [2.05, 4.69) is 10.6 Å². The van der Waals surface area contributed by atoms with Gasteiger partial charge >= 0.3 is 6.03 Å². The Balaban J connectivity index is 1.48. The average Bonchev–Trinajstić information content (AvgIpc) is 3.24. The van der Waals surface area contributed by atoms with Gasteiger partial charge in [0.25, 0.3) is 0 Å². The van der Waals surface area contributed by atoms with Crippen LogP contribution in [0.25, 0.3) is 0 Å². The van der Waals surface area contributed by atoms with Crippen molar-refractivity contribution in [2.45, 2.75) is 38.3 Å². The summed E-state index contributed by atoms with van der Waals surface area (Å²) >= 11 is 0. The molecule has 0 saturated carbocycles. The summed E-state index contributed by atoms with van der Waals surface area (Å²) in [6, 6.07) is 6.99. The Hall–Kier alpha value is -2.28. The molecule has 7 nitrogen and oxygen atoms in total. The molecule has 1 aromatic carbocycles. The highest BCUT2D eigenvalue weighted by molar-refractivity contribution is 5.96. The molecule has 2 heterocycles. The Morgan fingerprint density at radius 3 is 2.84 bits per heavy atom. The second-order valence-corrected chi connectivity index (χ2v) is 6.32. The van der Waals surface area contributed by atoms with Crippen molar-refractivity contribution in [3.8, 4) is 5.75 Å². The highest BCUT2D eigenvalue weighted by Gasteiger charge is 2.31. The number of nitrogens with one attached hydrogen (secondary N) is 2. The predicted octanol–water partition coefficient (Wildman–Crippen LogP) is 1.67. The van der Waals surface area contributed by atoms with Gasteiger partial charge in [-0.3, -0.25) is 4.79 Å². The second-order valence-electron chi connectivity index (χ2n) is 6.32. The topological polar surface area (TPSA) is 79.9 Å². The van der Waals surface area contributed by atoms with Crippen LogP contribution in [0.2, 0.25) is 0 Å². The number of amides is 3. The molecule has 3 amide bonds. The molecule has 2 fully saturated rings. The van der Waals surface area contributed by atoms with Crippen molar-refractivity contribution < 1.29 is 19.1 Å². The number of hydrogen-bond acceptors (Lipinski definition) is 4. The van der Waals surface area contributed by atoms with Crippen molar-refractivity contribution in [1.82, 2.24) is 10.6 Å². The van der Waals surface area contributed by atoms with Gasteiger partial charge in [-0.15, -0.1) is 0 Å². The van der Waals surface area contributed by atoms with E-state index in [4.69, 9.17) is 9.47 Å². The van der Waals surface area contributed by atoms with E-state index in [9.17, 15) is 9.59 Å². The average molecular weight is 347 g/mol. The summed E-state index contributed by atoms with van der Waals surface area (Å²) in [7, 11) is 0. The summed E-state index contributed by atoms with van der Waals surface area (Å²) in [4.78, 5) is 25.9. The van der Waals surface area contributed by atoms with Crippen LogP contribution < -0.4 is 20.3 Å². The van der Waals surface area contributed by atoms with E-state index in [0.29, 0.717) is 26.1 Å². The largest absolute Gasteiger partial charge is 0.494 e. The molecular weight excluding hydrogens is 322 g/mol. The van der Waals surface area contributed by atoms with Crippen LogP contribution in [0.15, 0.2) is 24.3 Å². The van der Waals surface area contributed by atoms with Crippen molar-refractivity contribution in [3.63, 3.8) is 0 Å². The second kappa shape index (κ2) is 8.20. The highest BCUT2D eigenvalue weighted by Crippen LogP contribution is 2.24. The summed E-state index contributed by atoms with van der Waals surface area (Å²) < 4.78 is 10.9. The molecule has 136 valence electrons. The van der Waals surface area contributed by atoms with Crippen LogP contribution in [0, 0.1) is 0 Å². The number of urea groups is 1. The van der Waals surface area contributed by atoms with Crippen LogP contribution in [0.4, 0.5) is 10.5 Å². The molecule has 2 aliphatic rings. The van der Waals surface area contributed by atoms with Gasteiger partial charge in [0.2, 0.25) is 5.91 Å². The summed E-state index contributed by atoms with van der Waals surface area (Å²) in [5, 5.41) is 5.69. The zero-order valence-corrected chi connectivity index (χ0v) is 14.5. The van der Waals surface area contributed by atoms with E-state index >= 15 is 0 Å². The SMILES string of the molecule is CCOc1ccc(N2C[C@@H](NC(=O)NC[C@@H]3CCCO3)CC2=O)cc1.